The summed E-state index contributed by atoms with van der Waals surface area (Å²) in [7, 11) is -3.65. The molecular formula is C19H23NO5S. The van der Waals surface area contributed by atoms with E-state index < -0.39 is 10.1 Å². The highest BCUT2D eigenvalue weighted by atomic mass is 32.2. The maximum absolute atomic E-state index is 12.7. The molecule has 1 aliphatic rings. The number of rotatable bonds is 7. The van der Waals surface area contributed by atoms with Gasteiger partial charge >= 0.3 is 0 Å². The average Bonchev–Trinajstić information content (AvgIpc) is 3.22. The summed E-state index contributed by atoms with van der Waals surface area (Å²) < 4.78 is 33.2. The summed E-state index contributed by atoms with van der Waals surface area (Å²) in [5.41, 5.74) is 2.38. The molecule has 0 N–H and O–H groups in total. The maximum atomic E-state index is 12.7. The third-order valence-corrected chi connectivity index (χ3v) is 5.28. The minimum atomic E-state index is -3.65. The van der Waals surface area contributed by atoms with Gasteiger partial charge in [0.2, 0.25) is 0 Å². The van der Waals surface area contributed by atoms with Crippen molar-refractivity contribution in [3.05, 3.63) is 41.1 Å². The third-order valence-electron chi connectivity index (χ3n) is 4.73. The van der Waals surface area contributed by atoms with Crippen LogP contribution in [0.5, 0.6) is 0 Å². The molecule has 7 heteroatoms. The van der Waals surface area contributed by atoms with Crippen molar-refractivity contribution in [1.29, 1.82) is 0 Å². The standard InChI is InChI=1S/C19H23NO5S/c1-13-7-9-15(10-8-13)19-16(12-24-26(2,22)23)18(20-25-19)17(21)11-14-5-3-4-6-14/h7-10,14H,3-6,11-12H2,1-2H3. The summed E-state index contributed by atoms with van der Waals surface area (Å²) in [6.45, 7) is 1.70. The van der Waals surface area contributed by atoms with Crippen molar-refractivity contribution in [3.63, 3.8) is 0 Å². The molecule has 26 heavy (non-hydrogen) atoms. The highest BCUT2D eigenvalue weighted by Crippen LogP contribution is 2.32. The van der Waals surface area contributed by atoms with E-state index in [-0.39, 0.29) is 18.1 Å². The zero-order chi connectivity index (χ0) is 18.7. The Morgan fingerprint density at radius 3 is 2.50 bits per heavy atom. The van der Waals surface area contributed by atoms with Crippen molar-refractivity contribution in [2.45, 2.75) is 45.6 Å². The molecule has 0 unspecified atom stereocenters. The van der Waals surface area contributed by atoms with E-state index in [0.717, 1.165) is 43.1 Å². The van der Waals surface area contributed by atoms with Crippen LogP contribution in [-0.2, 0) is 20.9 Å². The van der Waals surface area contributed by atoms with Crippen LogP contribution in [0.3, 0.4) is 0 Å². The fourth-order valence-corrected chi connectivity index (χ4v) is 3.67. The Hall–Kier alpha value is -1.99. The van der Waals surface area contributed by atoms with Crippen LogP contribution >= 0.6 is 0 Å². The van der Waals surface area contributed by atoms with Crippen molar-refractivity contribution in [3.8, 4) is 11.3 Å². The van der Waals surface area contributed by atoms with Crippen LogP contribution in [-0.4, -0.2) is 25.6 Å². The molecule has 0 aliphatic heterocycles. The normalized spacial score (nSPS) is 15.5. The van der Waals surface area contributed by atoms with Crippen molar-refractivity contribution in [1.82, 2.24) is 5.16 Å². The molecule has 6 nitrogen and oxygen atoms in total. The van der Waals surface area contributed by atoms with E-state index in [1.54, 1.807) is 0 Å². The third kappa shape index (κ3) is 4.59. The molecule has 0 amide bonds. The van der Waals surface area contributed by atoms with Gasteiger partial charge in [-0.2, -0.15) is 8.42 Å². The minimum absolute atomic E-state index is 0.119. The van der Waals surface area contributed by atoms with E-state index in [9.17, 15) is 13.2 Å². The monoisotopic (exact) mass is 377 g/mol. The molecule has 1 fully saturated rings. The number of aromatic nitrogens is 1. The van der Waals surface area contributed by atoms with Gasteiger partial charge in [0, 0.05) is 12.0 Å². The molecule has 1 aromatic carbocycles. The molecule has 0 atom stereocenters. The summed E-state index contributed by atoms with van der Waals surface area (Å²) in [5, 5.41) is 3.96. The van der Waals surface area contributed by atoms with Crippen LogP contribution in [0.1, 0.15) is 53.7 Å². The predicted molar refractivity (Wildman–Crippen MR) is 97.2 cm³/mol. The number of benzene rings is 1. The molecule has 1 heterocycles. The molecule has 1 aliphatic carbocycles. The van der Waals surface area contributed by atoms with Gasteiger partial charge in [-0.3, -0.25) is 8.98 Å². The first-order valence-electron chi connectivity index (χ1n) is 8.76. The van der Waals surface area contributed by atoms with Crippen LogP contribution in [0, 0.1) is 12.8 Å². The topological polar surface area (TPSA) is 86.5 Å². The van der Waals surface area contributed by atoms with Crippen molar-refractivity contribution < 1.29 is 21.9 Å². The van der Waals surface area contributed by atoms with Crippen molar-refractivity contribution in [2.24, 2.45) is 5.92 Å². The quantitative estimate of drug-likeness (QED) is 0.537. The summed E-state index contributed by atoms with van der Waals surface area (Å²) in [4.78, 5) is 12.7. The van der Waals surface area contributed by atoms with Gasteiger partial charge in [0.05, 0.1) is 18.4 Å². The van der Waals surface area contributed by atoms with Gasteiger partial charge in [-0.25, -0.2) is 0 Å². The summed E-state index contributed by atoms with van der Waals surface area (Å²) in [6, 6.07) is 7.54. The summed E-state index contributed by atoms with van der Waals surface area (Å²) in [5.74, 6) is 0.625. The van der Waals surface area contributed by atoms with Crippen LogP contribution in [0.4, 0.5) is 0 Å². The lowest BCUT2D eigenvalue weighted by molar-refractivity contribution is 0.0951. The van der Waals surface area contributed by atoms with Gasteiger partial charge in [-0.05, 0) is 12.8 Å². The molecule has 140 valence electrons. The Bertz CT molecular complexity index is 877. The zero-order valence-electron chi connectivity index (χ0n) is 15.0. The second-order valence-electron chi connectivity index (χ2n) is 6.95. The molecule has 3 rings (SSSR count). The number of hydrogen-bond acceptors (Lipinski definition) is 6. The van der Waals surface area contributed by atoms with Crippen LogP contribution in [0.2, 0.25) is 0 Å². The van der Waals surface area contributed by atoms with E-state index in [2.05, 4.69) is 5.16 Å². The number of carbonyl (C=O) groups is 1. The number of aryl methyl sites for hydroxylation is 1. The molecule has 0 saturated heterocycles. The second kappa shape index (κ2) is 7.72. The lowest BCUT2D eigenvalue weighted by Crippen LogP contribution is -2.11. The first-order valence-corrected chi connectivity index (χ1v) is 10.6. The molecule has 0 bridgehead atoms. The van der Waals surface area contributed by atoms with Crippen LogP contribution in [0.25, 0.3) is 11.3 Å². The predicted octanol–water partition coefficient (Wildman–Crippen LogP) is 3.89. The SMILES string of the molecule is Cc1ccc(-c2onc(C(=O)CC3CCCC3)c2COS(C)(=O)=O)cc1. The summed E-state index contributed by atoms with van der Waals surface area (Å²) in [6.07, 6.45) is 5.77. The lowest BCUT2D eigenvalue weighted by atomic mass is 9.97. The fraction of sp³-hybridized carbons (Fsp3) is 0.474. The highest BCUT2D eigenvalue weighted by molar-refractivity contribution is 7.85. The van der Waals surface area contributed by atoms with Gasteiger partial charge in [-0.15, -0.1) is 0 Å². The van der Waals surface area contributed by atoms with E-state index in [0.29, 0.717) is 23.7 Å². The van der Waals surface area contributed by atoms with Crippen LogP contribution < -0.4 is 0 Å². The van der Waals surface area contributed by atoms with Gasteiger partial charge in [0.25, 0.3) is 10.1 Å². The Labute approximate surface area is 153 Å². The first kappa shape index (κ1) is 18.8. The Morgan fingerprint density at radius 1 is 1.23 bits per heavy atom. The van der Waals surface area contributed by atoms with E-state index in [4.69, 9.17) is 8.71 Å². The molecule has 0 radical (unpaired) electrons. The number of ketones is 1. The van der Waals surface area contributed by atoms with Gasteiger partial charge in [0.15, 0.2) is 17.2 Å². The number of nitrogens with zero attached hydrogens (tertiary/aromatic N) is 1. The zero-order valence-corrected chi connectivity index (χ0v) is 15.8. The Kier molecular flexibility index (Phi) is 5.58. The highest BCUT2D eigenvalue weighted by Gasteiger charge is 2.27. The molecule has 1 aromatic heterocycles. The molecular weight excluding hydrogens is 354 g/mol. The van der Waals surface area contributed by atoms with Gasteiger partial charge in [-0.1, -0.05) is 60.7 Å². The Balaban J connectivity index is 1.92. The minimum Gasteiger partial charge on any atom is -0.355 e. The smallest absolute Gasteiger partial charge is 0.264 e. The molecule has 2 aromatic rings. The van der Waals surface area contributed by atoms with E-state index in [1.807, 2.05) is 31.2 Å². The van der Waals surface area contributed by atoms with E-state index in [1.165, 1.54) is 0 Å². The van der Waals surface area contributed by atoms with Crippen LogP contribution in [0.15, 0.2) is 28.8 Å². The number of Topliss-reactive ketones (excluding diaryl/α,β-unsaturated/α-hetero) is 1. The second-order valence-corrected chi connectivity index (χ2v) is 8.59. The van der Waals surface area contributed by atoms with Gasteiger partial charge in [0.1, 0.15) is 0 Å². The lowest BCUT2D eigenvalue weighted by Gasteiger charge is -2.08. The number of carbonyl (C=O) groups excluding carboxylic acids is 1. The largest absolute Gasteiger partial charge is 0.355 e. The van der Waals surface area contributed by atoms with E-state index >= 15 is 0 Å². The molecule has 0 spiro atoms. The first-order chi connectivity index (χ1) is 12.3. The maximum Gasteiger partial charge on any atom is 0.264 e. The van der Waals surface area contributed by atoms with Gasteiger partial charge < -0.3 is 4.52 Å². The number of hydrogen-bond donors (Lipinski definition) is 0. The van der Waals surface area contributed by atoms with Crippen molar-refractivity contribution in [2.75, 3.05) is 6.26 Å². The summed E-state index contributed by atoms with van der Waals surface area (Å²) >= 11 is 0. The fourth-order valence-electron chi connectivity index (χ4n) is 3.33. The molecule has 1 saturated carbocycles. The Morgan fingerprint density at radius 2 is 1.88 bits per heavy atom. The average molecular weight is 377 g/mol. The van der Waals surface area contributed by atoms with Crippen molar-refractivity contribution >= 4 is 15.9 Å².